The van der Waals surface area contributed by atoms with Crippen molar-refractivity contribution in [1.29, 1.82) is 0 Å². The predicted octanol–water partition coefficient (Wildman–Crippen LogP) is 6.56. The average molecular weight is 623 g/mol. The maximum atomic E-state index is 2.81. The van der Waals surface area contributed by atoms with Gasteiger partial charge in [-0.3, -0.25) is 0 Å². The first kappa shape index (κ1) is 22.2. The highest BCUT2D eigenvalue weighted by Crippen LogP contribution is 2.87. The van der Waals surface area contributed by atoms with E-state index in [0.29, 0.717) is 35.5 Å². The van der Waals surface area contributed by atoms with Crippen molar-refractivity contribution < 1.29 is 0 Å². The lowest BCUT2D eigenvalue weighted by Crippen LogP contribution is -2.63. The van der Waals surface area contributed by atoms with Gasteiger partial charge in [-0.25, -0.2) is 0 Å². The number of allylic oxidation sites excluding steroid dienone is 5. The van der Waals surface area contributed by atoms with Crippen LogP contribution in [0.25, 0.3) is 39.0 Å². The molecule has 0 saturated heterocycles. The van der Waals surface area contributed by atoms with Crippen molar-refractivity contribution in [1.82, 2.24) is 0 Å². The van der Waals surface area contributed by atoms with E-state index in [0.717, 1.165) is 35.5 Å². The third-order valence-corrected chi connectivity index (χ3v) is 20.3. The summed E-state index contributed by atoms with van der Waals surface area (Å²) >= 11 is 0. The van der Waals surface area contributed by atoms with E-state index in [9.17, 15) is 0 Å². The lowest BCUT2D eigenvalue weighted by atomic mass is 9.38. The van der Waals surface area contributed by atoms with Crippen LogP contribution >= 0.6 is 0 Å². The van der Waals surface area contributed by atoms with Gasteiger partial charge in [-0.2, -0.15) is 0 Å². The molecule has 230 valence electrons. The number of rotatable bonds is 0. The van der Waals surface area contributed by atoms with Crippen LogP contribution in [0.2, 0.25) is 0 Å². The maximum Gasteiger partial charge on any atom is 0.0209 e. The first-order chi connectivity index (χ1) is 24.4. The highest BCUT2D eigenvalue weighted by Gasteiger charge is 2.82. The number of fused-ring (bicyclic) bond motifs is 5. The van der Waals surface area contributed by atoms with E-state index in [1.807, 2.05) is 98.8 Å². The van der Waals surface area contributed by atoms with Crippen molar-refractivity contribution in [2.45, 2.75) is 79.4 Å². The van der Waals surface area contributed by atoms with Gasteiger partial charge in [-0.15, -0.1) is 0 Å². The molecule has 0 amide bonds. The number of benzene rings is 3. The summed E-state index contributed by atoms with van der Waals surface area (Å²) in [6.45, 7) is 0. The van der Waals surface area contributed by atoms with Crippen LogP contribution in [0.3, 0.4) is 0 Å². The van der Waals surface area contributed by atoms with E-state index in [1.54, 1.807) is 11.1 Å². The van der Waals surface area contributed by atoms with Crippen LogP contribution in [0.5, 0.6) is 0 Å². The summed E-state index contributed by atoms with van der Waals surface area (Å²) in [4.78, 5) is 0. The van der Waals surface area contributed by atoms with Gasteiger partial charge < -0.3 is 0 Å². The molecule has 2 spiro atoms. The van der Waals surface area contributed by atoms with Gasteiger partial charge in [0, 0.05) is 34.5 Å². The van der Waals surface area contributed by atoms with Crippen LogP contribution in [0.4, 0.5) is 0 Å². The molecule has 3 fully saturated rings. The zero-order valence-electron chi connectivity index (χ0n) is 27.5. The van der Waals surface area contributed by atoms with Crippen LogP contribution in [-0.4, -0.2) is 0 Å². The van der Waals surface area contributed by atoms with E-state index in [1.165, 1.54) is 44.9 Å². The highest BCUT2D eigenvalue weighted by molar-refractivity contribution is 6.13. The Morgan fingerprint density at radius 2 is 1.00 bits per heavy atom. The molecule has 0 heteroatoms. The van der Waals surface area contributed by atoms with Crippen molar-refractivity contribution in [2.75, 3.05) is 0 Å². The van der Waals surface area contributed by atoms with Crippen molar-refractivity contribution in [2.24, 2.45) is 47.3 Å². The summed E-state index contributed by atoms with van der Waals surface area (Å²) in [5.41, 5.74) is 31.1. The fourth-order valence-corrected chi connectivity index (χ4v) is 20.5. The third kappa shape index (κ3) is 1.51. The molecule has 0 aliphatic heterocycles. The minimum Gasteiger partial charge on any atom is -0.0836 e. The summed E-state index contributed by atoms with van der Waals surface area (Å²) in [5.74, 6) is 8.57. The standard InChI is InChI=1S/C49H34/c1-2-4-17-16(3-1)28-15-29(17)49-27-14-13-26-24-11-9-22-20-7-5-18-19-6-8-21-23-10-12-25(27)37-35(23)40-33(21)31(19)38-30(18)32(20)39-34(22)36(24)46(48(26,28)49)44-42(39)41(38)43(40)45(44)47(37)49/h1-8,18-21,26-33H,9-15H2/t18?,19?,20?,21?,26?,27?,28-,29+,30?,31?,32?,33?,48?,49?. The largest absolute Gasteiger partial charge is 0.0836 e. The summed E-state index contributed by atoms with van der Waals surface area (Å²) in [7, 11) is 0. The van der Waals surface area contributed by atoms with Crippen LogP contribution < -0.4 is 20.9 Å². The van der Waals surface area contributed by atoms with Crippen LogP contribution in [0.15, 0.2) is 54.1 Å². The van der Waals surface area contributed by atoms with Gasteiger partial charge in [0.15, 0.2) is 0 Å². The Kier molecular flexibility index (Phi) is 2.66. The molecular weight excluding hydrogens is 589 g/mol. The molecular formula is C49H34. The van der Waals surface area contributed by atoms with Gasteiger partial charge >= 0.3 is 0 Å². The second-order valence-electron chi connectivity index (χ2n) is 20.0. The molecule has 0 heterocycles. The molecule has 12 unspecified atom stereocenters. The van der Waals surface area contributed by atoms with Crippen molar-refractivity contribution in [3.8, 4) is 11.1 Å². The summed E-state index contributed by atoms with van der Waals surface area (Å²) in [6, 6.07) is 10.1. The molecule has 0 N–H and O–H groups in total. The Morgan fingerprint density at radius 1 is 0.490 bits per heavy atom. The zero-order chi connectivity index (χ0) is 30.1. The van der Waals surface area contributed by atoms with Gasteiger partial charge in [0.2, 0.25) is 0 Å². The molecule has 3 saturated carbocycles. The van der Waals surface area contributed by atoms with Crippen molar-refractivity contribution >= 4 is 27.9 Å². The number of hydrogen-bond donors (Lipinski definition) is 0. The van der Waals surface area contributed by atoms with E-state index in [2.05, 4.69) is 48.6 Å². The minimum atomic E-state index is 0.276. The van der Waals surface area contributed by atoms with Crippen molar-refractivity contribution in [3.05, 3.63) is 120 Å². The molecule has 20 rings (SSSR count). The molecule has 14 atom stereocenters. The van der Waals surface area contributed by atoms with Crippen LogP contribution in [0, 0.1) is 47.3 Å². The highest BCUT2D eigenvalue weighted by atomic mass is 14.8. The van der Waals surface area contributed by atoms with Gasteiger partial charge in [0.1, 0.15) is 0 Å². The normalized spacial score (nSPS) is 49.2. The maximum absolute atomic E-state index is 2.81. The molecule has 17 aliphatic rings. The third-order valence-electron chi connectivity index (χ3n) is 20.3. The molecule has 0 nitrogen and oxygen atoms in total. The quantitative estimate of drug-likeness (QED) is 0.195. The topological polar surface area (TPSA) is 0 Å². The summed E-state index contributed by atoms with van der Waals surface area (Å²) < 4.78 is 0. The van der Waals surface area contributed by atoms with Gasteiger partial charge in [0.25, 0.3) is 0 Å². The zero-order valence-corrected chi connectivity index (χ0v) is 27.5. The fraction of sp³-hybridized carbons (Fsp3) is 0.429. The molecule has 0 aromatic heterocycles. The molecule has 3 aromatic carbocycles. The second-order valence-corrected chi connectivity index (χ2v) is 20.0. The summed E-state index contributed by atoms with van der Waals surface area (Å²) in [6.07, 6.45) is 21.0. The SMILES string of the molecule is C1=CC2C3C=CC4C5=c6c7c8c9c%10c6=C(CC5)C5CCC6C%11=c%12c(c-9c9c%13c%12=C(CC%11)C1C%13C2C(=C98)C3C74)C61[C@@H]2C[C@@H](c3ccccc32)C%1051. The Morgan fingerprint density at radius 3 is 1.53 bits per heavy atom. The van der Waals surface area contributed by atoms with Gasteiger partial charge in [0.05, 0.1) is 0 Å². The van der Waals surface area contributed by atoms with Crippen LogP contribution in [-0.2, 0) is 10.8 Å². The Bertz CT molecular complexity index is 2760. The average Bonchev–Trinajstić information content (AvgIpc) is 3.99. The smallest absolute Gasteiger partial charge is 0.0209 e. The van der Waals surface area contributed by atoms with E-state index >= 15 is 0 Å². The first-order valence-corrected chi connectivity index (χ1v) is 20.5. The van der Waals surface area contributed by atoms with E-state index in [4.69, 9.17) is 0 Å². The Hall–Kier alpha value is -3.64. The van der Waals surface area contributed by atoms with Gasteiger partial charge in [-0.05, 0) is 174 Å². The first-order valence-electron chi connectivity index (χ1n) is 20.5. The summed E-state index contributed by atoms with van der Waals surface area (Å²) in [5, 5.41) is 7.59. The lowest BCUT2D eigenvalue weighted by Gasteiger charge is -2.64. The Balaban J connectivity index is 1.19. The second kappa shape index (κ2) is 5.85. The monoisotopic (exact) mass is 622 g/mol. The molecule has 3 aromatic rings. The van der Waals surface area contributed by atoms with Gasteiger partial charge in [-0.1, -0.05) is 76.4 Å². The lowest BCUT2D eigenvalue weighted by molar-refractivity contribution is 0.0683. The molecule has 2 bridgehead atoms. The molecule has 17 aliphatic carbocycles. The predicted molar refractivity (Wildman–Crippen MR) is 189 cm³/mol. The van der Waals surface area contributed by atoms with Crippen LogP contribution in [0.1, 0.15) is 113 Å². The number of hydrogen-bond acceptors (Lipinski definition) is 0. The molecule has 49 heavy (non-hydrogen) atoms. The molecule has 0 radical (unpaired) electrons. The minimum absolute atomic E-state index is 0.276. The van der Waals surface area contributed by atoms with Crippen molar-refractivity contribution in [3.63, 3.8) is 0 Å². The van der Waals surface area contributed by atoms with E-state index in [-0.39, 0.29) is 10.8 Å². The fourth-order valence-electron chi connectivity index (χ4n) is 20.5. The Labute approximate surface area is 284 Å². The van der Waals surface area contributed by atoms with E-state index < -0.39 is 0 Å².